The van der Waals surface area contributed by atoms with Crippen LogP contribution in [0.4, 0.5) is 10.2 Å². The largest absolute Gasteiger partial charge is 0.483 e. The summed E-state index contributed by atoms with van der Waals surface area (Å²) >= 11 is 0. The van der Waals surface area contributed by atoms with Crippen LogP contribution in [0.5, 0.6) is 0 Å². The lowest BCUT2D eigenvalue weighted by molar-refractivity contribution is -0.122. The third-order valence-corrected chi connectivity index (χ3v) is 6.31. The number of halogens is 1. The fourth-order valence-electron chi connectivity index (χ4n) is 4.03. The van der Waals surface area contributed by atoms with E-state index in [4.69, 9.17) is 14.9 Å². The van der Waals surface area contributed by atoms with Gasteiger partial charge >= 0.3 is 0 Å². The van der Waals surface area contributed by atoms with Crippen molar-refractivity contribution in [1.29, 1.82) is 0 Å². The molecule has 11 heteroatoms. The highest BCUT2D eigenvalue weighted by Gasteiger charge is 2.35. The Hall–Kier alpha value is -2.34. The van der Waals surface area contributed by atoms with Gasteiger partial charge in [-0.15, -0.1) is 0 Å². The van der Waals surface area contributed by atoms with Crippen LogP contribution in [0.3, 0.4) is 0 Å². The van der Waals surface area contributed by atoms with Crippen LogP contribution < -0.4 is 21.1 Å². The van der Waals surface area contributed by atoms with E-state index in [0.717, 1.165) is 31.5 Å². The molecule has 0 amide bonds. The van der Waals surface area contributed by atoms with Gasteiger partial charge in [0.25, 0.3) is 12.0 Å². The summed E-state index contributed by atoms with van der Waals surface area (Å²) in [4.78, 5) is 28.2. The maximum atomic E-state index is 15.4. The molecule has 4 rings (SSSR count). The molecule has 2 aromatic heterocycles. The highest BCUT2D eigenvalue weighted by molar-refractivity contribution is 7.39. The molecule has 0 aromatic carbocycles. The summed E-state index contributed by atoms with van der Waals surface area (Å²) in [5, 5.41) is 11.7. The average molecular weight is 524 g/mol. The first-order valence-electron chi connectivity index (χ1n) is 11.7. The van der Waals surface area contributed by atoms with Crippen molar-refractivity contribution >= 4 is 36.4 Å². The van der Waals surface area contributed by atoms with Crippen LogP contribution >= 0.6 is 18.5 Å². The van der Waals surface area contributed by atoms with E-state index in [1.165, 1.54) is 10.8 Å². The molecule has 0 spiro atoms. The van der Waals surface area contributed by atoms with E-state index < -0.39 is 11.2 Å². The molecule has 1 saturated heterocycles. The number of dihydropyridines is 1. The van der Waals surface area contributed by atoms with Gasteiger partial charge in [-0.2, -0.15) is 0 Å². The van der Waals surface area contributed by atoms with Gasteiger partial charge in [0, 0.05) is 30.9 Å². The maximum absolute atomic E-state index is 15.4. The number of carboxylic acid groups (broad SMARTS) is 1. The maximum Gasteiger partial charge on any atom is 0.290 e. The number of hydrogen-bond donors (Lipinski definition) is 3. The second kappa shape index (κ2) is 13.7. The zero-order chi connectivity index (χ0) is 26.0. The molecule has 4 atom stereocenters. The van der Waals surface area contributed by atoms with Crippen molar-refractivity contribution < 1.29 is 14.3 Å². The summed E-state index contributed by atoms with van der Waals surface area (Å²) in [7, 11) is 4.50. The van der Waals surface area contributed by atoms with Crippen molar-refractivity contribution in [2.24, 2.45) is 0 Å². The Labute approximate surface area is 210 Å². The highest BCUT2D eigenvalue weighted by atomic mass is 31.1. The van der Waals surface area contributed by atoms with Crippen molar-refractivity contribution in [3.05, 3.63) is 64.2 Å². The predicted octanol–water partition coefficient (Wildman–Crippen LogP) is 3.81. The lowest BCUT2D eigenvalue weighted by Crippen LogP contribution is -2.47. The minimum Gasteiger partial charge on any atom is -0.483 e. The summed E-state index contributed by atoms with van der Waals surface area (Å²) in [5.74, 6) is 0.665. The highest BCUT2D eigenvalue weighted by Crippen LogP contribution is 2.42. The van der Waals surface area contributed by atoms with E-state index in [2.05, 4.69) is 34.0 Å². The van der Waals surface area contributed by atoms with E-state index in [9.17, 15) is 4.79 Å². The minimum absolute atomic E-state index is 0.159. The Kier molecular flexibility index (Phi) is 11.3. The number of hydrogen-bond acceptors (Lipinski definition) is 6. The number of alkyl halides is 1. The molecule has 8 nitrogen and oxygen atoms in total. The monoisotopic (exact) mass is 523 g/mol. The Morgan fingerprint density at radius 2 is 1.97 bits per heavy atom. The summed E-state index contributed by atoms with van der Waals surface area (Å²) in [6.07, 6.45) is 10.5. The molecule has 0 aliphatic carbocycles. The summed E-state index contributed by atoms with van der Waals surface area (Å²) < 4.78 is 16.9. The van der Waals surface area contributed by atoms with Crippen molar-refractivity contribution in [2.45, 2.75) is 57.4 Å². The topological polar surface area (TPSA) is 99.0 Å². The molecule has 35 heavy (non-hydrogen) atoms. The summed E-state index contributed by atoms with van der Waals surface area (Å²) in [5.41, 5.74) is 1.99. The average Bonchev–Trinajstić information content (AvgIpc) is 2.85. The number of allylic oxidation sites excluding steroid dienone is 2. The van der Waals surface area contributed by atoms with Crippen molar-refractivity contribution in [3.63, 3.8) is 0 Å². The van der Waals surface area contributed by atoms with E-state index in [0.29, 0.717) is 17.0 Å². The number of nitrogens with zero attached hydrogens (tertiary/aromatic N) is 3. The number of nitrogens with one attached hydrogen (secondary N) is 2. The third kappa shape index (κ3) is 7.57. The number of pyridine rings is 1. The zero-order valence-electron chi connectivity index (χ0n) is 20.4. The van der Waals surface area contributed by atoms with E-state index in [1.807, 2.05) is 45.2 Å². The van der Waals surface area contributed by atoms with Crippen LogP contribution in [0.25, 0.3) is 5.65 Å². The molecule has 0 bridgehead atoms. The van der Waals surface area contributed by atoms with Gasteiger partial charge in [0.2, 0.25) is 0 Å². The SMILES string of the molecule is CC.CC1=CC=CNC1NC(c1cccn2c(=O)cc(N3CCCCC3)nc12)C(F)(P)P.O=CO. The number of piperidine rings is 1. The second-order valence-corrected chi connectivity index (χ2v) is 10.5. The number of anilines is 1. The number of aromatic nitrogens is 2. The van der Waals surface area contributed by atoms with E-state index >= 15 is 4.39 Å². The fourth-order valence-corrected chi connectivity index (χ4v) is 4.58. The molecule has 3 N–H and O–H groups in total. The Bertz CT molecular complexity index is 1090. The molecule has 0 saturated carbocycles. The summed E-state index contributed by atoms with van der Waals surface area (Å²) in [6, 6.07) is 4.44. The molecule has 4 heterocycles. The van der Waals surface area contributed by atoms with Gasteiger partial charge in [-0.05, 0) is 50.1 Å². The van der Waals surface area contributed by atoms with E-state index in [1.54, 1.807) is 18.3 Å². The van der Waals surface area contributed by atoms with Crippen molar-refractivity contribution in [1.82, 2.24) is 20.0 Å². The molecule has 192 valence electrons. The normalized spacial score (nSPS) is 18.3. The number of carbonyl (C=O) groups is 1. The molecule has 4 unspecified atom stereocenters. The second-order valence-electron chi connectivity index (χ2n) is 8.06. The number of rotatable bonds is 5. The molecule has 2 aromatic rings. The number of fused-ring (bicyclic) bond motifs is 1. The van der Waals surface area contributed by atoms with Gasteiger partial charge < -0.3 is 15.3 Å². The van der Waals surface area contributed by atoms with Gasteiger partial charge in [-0.3, -0.25) is 19.3 Å². The van der Waals surface area contributed by atoms with Crippen LogP contribution in [-0.2, 0) is 4.79 Å². The van der Waals surface area contributed by atoms with Gasteiger partial charge in [0.05, 0.1) is 12.2 Å². The molecular formula is C24H36FN5O3P2. The van der Waals surface area contributed by atoms with Crippen LogP contribution in [0.2, 0.25) is 0 Å². The van der Waals surface area contributed by atoms with Crippen LogP contribution in [0.15, 0.2) is 53.1 Å². The standard InChI is InChI=1S/C21H28FN5OP2.C2H6.CH2O2/c1-14-7-5-9-23-19(14)25-18(21(22,29)30)15-8-6-12-27-17(28)13-16(24-20(15)27)26-10-3-2-4-11-26;1-2;2-1-3/h5-9,12-13,18-19,23,25H,2-4,10-11,29-30H2,1H3;1-2H3;1H,(H,2,3). The Balaban J connectivity index is 0.000000803. The molecular weight excluding hydrogens is 487 g/mol. The quantitative estimate of drug-likeness (QED) is 0.405. The fraction of sp³-hybridized carbons (Fsp3) is 0.458. The van der Waals surface area contributed by atoms with Crippen LogP contribution in [0.1, 0.15) is 51.6 Å². The Morgan fingerprint density at radius 1 is 1.31 bits per heavy atom. The predicted molar refractivity (Wildman–Crippen MR) is 147 cm³/mol. The first-order valence-corrected chi connectivity index (χ1v) is 12.9. The van der Waals surface area contributed by atoms with Crippen molar-refractivity contribution in [2.75, 3.05) is 18.0 Å². The molecule has 1 fully saturated rings. The van der Waals surface area contributed by atoms with E-state index in [-0.39, 0.29) is 18.2 Å². The first-order chi connectivity index (χ1) is 16.8. The van der Waals surface area contributed by atoms with Gasteiger partial charge in [-0.1, -0.05) is 44.5 Å². The van der Waals surface area contributed by atoms with Gasteiger partial charge in [0.1, 0.15) is 11.5 Å². The zero-order valence-corrected chi connectivity index (χ0v) is 22.8. The third-order valence-electron chi connectivity index (χ3n) is 5.65. The Morgan fingerprint density at radius 3 is 2.57 bits per heavy atom. The molecule has 2 aliphatic rings. The van der Waals surface area contributed by atoms with Gasteiger partial charge in [-0.25, -0.2) is 9.37 Å². The molecule has 0 radical (unpaired) electrons. The minimum atomic E-state index is -1.75. The van der Waals surface area contributed by atoms with Crippen LogP contribution in [0, 0.1) is 0 Å². The van der Waals surface area contributed by atoms with Crippen LogP contribution in [-0.4, -0.2) is 45.4 Å². The lowest BCUT2D eigenvalue weighted by atomic mass is 10.1. The van der Waals surface area contributed by atoms with Crippen molar-refractivity contribution in [3.8, 4) is 0 Å². The lowest BCUT2D eigenvalue weighted by Gasteiger charge is -2.34. The smallest absolute Gasteiger partial charge is 0.290 e. The van der Waals surface area contributed by atoms with Gasteiger partial charge in [0.15, 0.2) is 5.15 Å². The first kappa shape index (κ1) is 28.9. The molecule has 2 aliphatic heterocycles. The summed E-state index contributed by atoms with van der Waals surface area (Å²) in [6.45, 7) is 7.50.